The van der Waals surface area contributed by atoms with E-state index in [2.05, 4.69) is 5.32 Å². The SMILES string of the molecule is Cc1sc(NC(=O)C=CC(=O)O)c(C(=O)OC(C)C)c1C. The van der Waals surface area contributed by atoms with Gasteiger partial charge in [-0.1, -0.05) is 0 Å². The van der Waals surface area contributed by atoms with Crippen molar-refractivity contribution in [3.8, 4) is 0 Å². The first-order valence-corrected chi connectivity index (χ1v) is 7.07. The van der Waals surface area contributed by atoms with Gasteiger partial charge in [-0.15, -0.1) is 11.3 Å². The minimum atomic E-state index is -1.22. The number of rotatable bonds is 5. The van der Waals surface area contributed by atoms with Crippen molar-refractivity contribution in [1.29, 1.82) is 0 Å². The van der Waals surface area contributed by atoms with E-state index in [1.807, 2.05) is 6.92 Å². The molecule has 0 aliphatic carbocycles. The summed E-state index contributed by atoms with van der Waals surface area (Å²) in [6, 6.07) is 0. The zero-order valence-electron chi connectivity index (χ0n) is 12.2. The lowest BCUT2D eigenvalue weighted by Crippen LogP contribution is -2.15. The van der Waals surface area contributed by atoms with Crippen LogP contribution in [-0.2, 0) is 14.3 Å². The van der Waals surface area contributed by atoms with Gasteiger partial charge < -0.3 is 15.2 Å². The highest BCUT2D eigenvalue weighted by molar-refractivity contribution is 7.16. The molecule has 0 unspecified atom stereocenters. The Morgan fingerprint density at radius 2 is 1.86 bits per heavy atom. The first kappa shape index (κ1) is 16.9. The van der Waals surface area contributed by atoms with E-state index in [4.69, 9.17) is 9.84 Å². The number of amides is 1. The maximum atomic E-state index is 12.1. The second-order valence-electron chi connectivity index (χ2n) is 4.60. The summed E-state index contributed by atoms with van der Waals surface area (Å²) in [5.41, 5.74) is 1.05. The van der Waals surface area contributed by atoms with Gasteiger partial charge in [-0.05, 0) is 33.3 Å². The van der Waals surface area contributed by atoms with E-state index < -0.39 is 17.8 Å². The van der Waals surface area contributed by atoms with Gasteiger partial charge in [-0.25, -0.2) is 9.59 Å². The summed E-state index contributed by atoms with van der Waals surface area (Å²) in [5.74, 6) is -2.34. The number of hydrogen-bond donors (Lipinski definition) is 2. The fourth-order valence-electron chi connectivity index (χ4n) is 1.53. The predicted octanol–water partition coefficient (Wildman–Crippen LogP) is 2.51. The molecule has 0 aromatic carbocycles. The molecule has 1 aromatic rings. The van der Waals surface area contributed by atoms with Crippen LogP contribution in [0.5, 0.6) is 0 Å². The molecule has 21 heavy (non-hydrogen) atoms. The quantitative estimate of drug-likeness (QED) is 0.644. The minimum absolute atomic E-state index is 0.271. The number of nitrogens with one attached hydrogen (secondary N) is 1. The largest absolute Gasteiger partial charge is 0.478 e. The van der Waals surface area contributed by atoms with E-state index in [-0.39, 0.29) is 6.10 Å². The van der Waals surface area contributed by atoms with Crippen molar-refractivity contribution in [2.24, 2.45) is 0 Å². The number of thiophene rings is 1. The number of carbonyl (C=O) groups is 3. The highest BCUT2D eigenvalue weighted by Crippen LogP contribution is 2.33. The normalized spacial score (nSPS) is 10.9. The number of carboxylic acids is 1. The van der Waals surface area contributed by atoms with E-state index in [0.717, 1.165) is 22.6 Å². The number of hydrogen-bond acceptors (Lipinski definition) is 5. The molecule has 0 aliphatic heterocycles. The summed E-state index contributed by atoms with van der Waals surface area (Å²) in [5, 5.41) is 11.3. The number of aliphatic carboxylic acids is 1. The van der Waals surface area contributed by atoms with Crippen LogP contribution in [0.1, 0.15) is 34.6 Å². The molecule has 2 N–H and O–H groups in total. The highest BCUT2D eigenvalue weighted by Gasteiger charge is 2.22. The molecular weight excluding hydrogens is 294 g/mol. The zero-order valence-corrected chi connectivity index (χ0v) is 13.0. The second kappa shape index (κ2) is 7.03. The van der Waals surface area contributed by atoms with Gasteiger partial charge in [0.2, 0.25) is 5.91 Å². The number of anilines is 1. The molecule has 114 valence electrons. The first-order valence-electron chi connectivity index (χ1n) is 6.25. The molecule has 6 nitrogen and oxygen atoms in total. The Kier molecular flexibility index (Phi) is 5.66. The van der Waals surface area contributed by atoms with Gasteiger partial charge in [0.25, 0.3) is 0 Å². The average Bonchev–Trinajstić information content (AvgIpc) is 2.61. The van der Waals surface area contributed by atoms with Crippen LogP contribution in [0.2, 0.25) is 0 Å². The summed E-state index contributed by atoms with van der Waals surface area (Å²) in [6.07, 6.45) is 1.35. The van der Waals surface area contributed by atoms with Gasteiger partial charge in [-0.2, -0.15) is 0 Å². The van der Waals surface area contributed by atoms with Crippen LogP contribution in [0.3, 0.4) is 0 Å². The van der Waals surface area contributed by atoms with Gasteiger partial charge in [0.1, 0.15) is 5.00 Å². The van der Waals surface area contributed by atoms with E-state index in [9.17, 15) is 14.4 Å². The summed E-state index contributed by atoms with van der Waals surface area (Å²) in [7, 11) is 0. The molecule has 0 radical (unpaired) electrons. The van der Waals surface area contributed by atoms with Gasteiger partial charge in [0.15, 0.2) is 0 Å². The van der Waals surface area contributed by atoms with Crippen molar-refractivity contribution in [3.63, 3.8) is 0 Å². The van der Waals surface area contributed by atoms with Crippen molar-refractivity contribution in [2.45, 2.75) is 33.8 Å². The smallest absolute Gasteiger partial charge is 0.341 e. The summed E-state index contributed by atoms with van der Waals surface area (Å²) < 4.78 is 5.16. The van der Waals surface area contributed by atoms with Gasteiger partial charge >= 0.3 is 11.9 Å². The number of carboxylic acid groups (broad SMARTS) is 1. The lowest BCUT2D eigenvalue weighted by atomic mass is 10.1. The molecule has 0 fully saturated rings. The molecule has 1 amide bonds. The number of ether oxygens (including phenoxy) is 1. The Morgan fingerprint density at radius 1 is 1.24 bits per heavy atom. The summed E-state index contributed by atoms with van der Waals surface area (Å²) >= 11 is 1.24. The first-order chi connectivity index (χ1) is 9.72. The van der Waals surface area contributed by atoms with E-state index in [1.165, 1.54) is 11.3 Å². The third kappa shape index (κ3) is 4.71. The van der Waals surface area contributed by atoms with Gasteiger partial charge in [0.05, 0.1) is 11.7 Å². The summed E-state index contributed by atoms with van der Waals surface area (Å²) in [4.78, 5) is 35.0. The molecular formula is C14H17NO5S. The van der Waals surface area contributed by atoms with Crippen LogP contribution < -0.4 is 5.32 Å². The topological polar surface area (TPSA) is 92.7 Å². The van der Waals surface area contributed by atoms with Crippen LogP contribution >= 0.6 is 11.3 Å². The monoisotopic (exact) mass is 311 g/mol. The van der Waals surface area contributed by atoms with Crippen LogP contribution in [0.15, 0.2) is 12.2 Å². The lowest BCUT2D eigenvalue weighted by Gasteiger charge is -2.09. The number of esters is 1. The Labute approximate surface area is 126 Å². The number of aryl methyl sites for hydroxylation is 1. The minimum Gasteiger partial charge on any atom is -0.478 e. The highest BCUT2D eigenvalue weighted by atomic mass is 32.1. The second-order valence-corrected chi connectivity index (χ2v) is 5.83. The molecule has 0 saturated carbocycles. The molecule has 0 saturated heterocycles. The Hall–Kier alpha value is -2.15. The standard InChI is InChI=1S/C14H17NO5S/c1-7(2)20-14(19)12-8(3)9(4)21-13(12)15-10(16)5-6-11(17)18/h5-7H,1-4H3,(H,15,16)(H,17,18). The van der Waals surface area contributed by atoms with Crippen molar-refractivity contribution in [3.05, 3.63) is 28.2 Å². The Bertz CT molecular complexity index is 601. The van der Waals surface area contributed by atoms with Crippen LogP contribution in [0, 0.1) is 13.8 Å². The molecule has 0 atom stereocenters. The average molecular weight is 311 g/mol. The maximum absolute atomic E-state index is 12.1. The predicted molar refractivity (Wildman–Crippen MR) is 79.8 cm³/mol. The van der Waals surface area contributed by atoms with Crippen molar-refractivity contribution < 1.29 is 24.2 Å². The van der Waals surface area contributed by atoms with E-state index in [1.54, 1.807) is 20.8 Å². The fourth-order valence-corrected chi connectivity index (χ4v) is 2.59. The third-order valence-electron chi connectivity index (χ3n) is 2.55. The molecule has 1 heterocycles. The van der Waals surface area contributed by atoms with Crippen molar-refractivity contribution >= 4 is 34.2 Å². The Balaban J connectivity index is 3.02. The number of carbonyl (C=O) groups excluding carboxylic acids is 2. The van der Waals surface area contributed by atoms with Gasteiger partial charge in [0, 0.05) is 17.0 Å². The molecule has 0 aliphatic rings. The summed E-state index contributed by atoms with van der Waals surface area (Å²) in [6.45, 7) is 7.07. The van der Waals surface area contributed by atoms with Crippen LogP contribution in [-0.4, -0.2) is 29.1 Å². The maximum Gasteiger partial charge on any atom is 0.341 e. The van der Waals surface area contributed by atoms with Crippen LogP contribution in [0.25, 0.3) is 0 Å². The molecule has 7 heteroatoms. The molecule has 1 rings (SSSR count). The molecule has 0 spiro atoms. The van der Waals surface area contributed by atoms with E-state index in [0.29, 0.717) is 10.6 Å². The Morgan fingerprint density at radius 3 is 2.38 bits per heavy atom. The molecule has 0 bridgehead atoms. The van der Waals surface area contributed by atoms with Gasteiger partial charge in [-0.3, -0.25) is 4.79 Å². The van der Waals surface area contributed by atoms with E-state index >= 15 is 0 Å². The zero-order chi connectivity index (χ0) is 16.2. The van der Waals surface area contributed by atoms with Crippen LogP contribution in [0.4, 0.5) is 5.00 Å². The van der Waals surface area contributed by atoms with Crippen molar-refractivity contribution in [2.75, 3.05) is 5.32 Å². The van der Waals surface area contributed by atoms with Crippen molar-refractivity contribution in [1.82, 2.24) is 0 Å². The fraction of sp³-hybridized carbons (Fsp3) is 0.357. The molecule has 1 aromatic heterocycles. The lowest BCUT2D eigenvalue weighted by molar-refractivity contribution is -0.131. The third-order valence-corrected chi connectivity index (χ3v) is 3.67.